The molecule has 21 heavy (non-hydrogen) atoms. The van der Waals surface area contributed by atoms with Gasteiger partial charge < -0.3 is 5.73 Å². The fourth-order valence-electron chi connectivity index (χ4n) is 2.08. The molecule has 1 aromatic heterocycles. The zero-order valence-corrected chi connectivity index (χ0v) is 13.4. The van der Waals surface area contributed by atoms with Crippen molar-refractivity contribution in [2.45, 2.75) is 24.8 Å². The van der Waals surface area contributed by atoms with Crippen molar-refractivity contribution < 1.29 is 8.42 Å². The first-order valence-corrected chi connectivity index (χ1v) is 8.26. The molecule has 6 nitrogen and oxygen atoms in total. The molecule has 2 rings (SSSR count). The molecule has 0 bridgehead atoms. The summed E-state index contributed by atoms with van der Waals surface area (Å²) in [6, 6.07) is 4.60. The van der Waals surface area contributed by atoms with Gasteiger partial charge in [0.2, 0.25) is 10.0 Å². The van der Waals surface area contributed by atoms with E-state index in [0.717, 1.165) is 17.7 Å². The molecule has 0 aliphatic carbocycles. The molecule has 2 aromatic rings. The van der Waals surface area contributed by atoms with Crippen molar-refractivity contribution in [2.24, 2.45) is 7.05 Å². The van der Waals surface area contributed by atoms with E-state index in [-0.39, 0.29) is 22.2 Å². The van der Waals surface area contributed by atoms with Crippen LogP contribution in [0.25, 0.3) is 0 Å². The number of hydrogen-bond acceptors (Lipinski definition) is 4. The van der Waals surface area contributed by atoms with Gasteiger partial charge in [-0.05, 0) is 18.6 Å². The Bertz CT molecular complexity index is 735. The van der Waals surface area contributed by atoms with E-state index in [1.807, 2.05) is 6.92 Å². The summed E-state index contributed by atoms with van der Waals surface area (Å²) >= 11 is 5.94. The summed E-state index contributed by atoms with van der Waals surface area (Å²) in [5, 5.41) is 4.37. The summed E-state index contributed by atoms with van der Waals surface area (Å²) in [5.74, 6) is 0. The highest BCUT2D eigenvalue weighted by Gasteiger charge is 2.21. The van der Waals surface area contributed by atoms with Gasteiger partial charge in [0.25, 0.3) is 0 Å². The van der Waals surface area contributed by atoms with Crippen molar-refractivity contribution in [2.75, 3.05) is 5.73 Å². The minimum Gasteiger partial charge on any atom is -0.398 e. The second kappa shape index (κ2) is 6.05. The second-order valence-electron chi connectivity index (χ2n) is 4.61. The van der Waals surface area contributed by atoms with E-state index in [9.17, 15) is 8.42 Å². The first-order chi connectivity index (χ1) is 9.85. The fraction of sp³-hybridized carbons (Fsp3) is 0.308. The molecule has 0 spiro atoms. The zero-order chi connectivity index (χ0) is 15.6. The lowest BCUT2D eigenvalue weighted by atomic mass is 10.2. The Morgan fingerprint density at radius 1 is 1.43 bits per heavy atom. The second-order valence-corrected chi connectivity index (χ2v) is 6.72. The van der Waals surface area contributed by atoms with E-state index in [2.05, 4.69) is 9.82 Å². The molecule has 0 radical (unpaired) electrons. The van der Waals surface area contributed by atoms with Crippen molar-refractivity contribution in [1.29, 1.82) is 0 Å². The van der Waals surface area contributed by atoms with E-state index in [1.165, 1.54) is 12.1 Å². The number of rotatable bonds is 5. The molecule has 1 aromatic carbocycles. The van der Waals surface area contributed by atoms with E-state index in [1.54, 1.807) is 24.0 Å². The van der Waals surface area contributed by atoms with Gasteiger partial charge in [0.15, 0.2) is 0 Å². The number of nitrogens with zero attached hydrogens (tertiary/aromatic N) is 2. The maximum absolute atomic E-state index is 12.4. The van der Waals surface area contributed by atoms with Gasteiger partial charge in [-0.1, -0.05) is 24.6 Å². The third kappa shape index (κ3) is 3.37. The smallest absolute Gasteiger partial charge is 0.244 e. The molecule has 0 aliphatic rings. The molecule has 0 fully saturated rings. The van der Waals surface area contributed by atoms with Crippen molar-refractivity contribution in [3.05, 3.63) is 40.7 Å². The van der Waals surface area contributed by atoms with Crippen LogP contribution in [0.5, 0.6) is 0 Å². The molecule has 114 valence electrons. The highest BCUT2D eigenvalue weighted by Crippen LogP contribution is 2.27. The van der Waals surface area contributed by atoms with E-state index < -0.39 is 10.0 Å². The topological polar surface area (TPSA) is 90.0 Å². The van der Waals surface area contributed by atoms with Crippen molar-refractivity contribution in [1.82, 2.24) is 14.5 Å². The maximum Gasteiger partial charge on any atom is 0.244 e. The largest absolute Gasteiger partial charge is 0.398 e. The number of aromatic nitrogens is 2. The average Bonchev–Trinajstić information content (AvgIpc) is 2.76. The summed E-state index contributed by atoms with van der Waals surface area (Å²) in [7, 11) is -1.98. The summed E-state index contributed by atoms with van der Waals surface area (Å²) in [6.45, 7) is 2.11. The molecule has 1 heterocycles. The number of aryl methyl sites for hydroxylation is 2. The predicted molar refractivity (Wildman–Crippen MR) is 82.5 cm³/mol. The molecule has 0 unspecified atom stereocenters. The standard InChI is InChI=1S/C13H17ClN4O2S/c1-3-12-9(8-18(2)17-12)7-16-21(19,20)13-10(14)5-4-6-11(13)15/h4-6,8,16H,3,7,15H2,1-2H3. The van der Waals surface area contributed by atoms with Crippen LogP contribution in [0.15, 0.2) is 29.3 Å². The highest BCUT2D eigenvalue weighted by molar-refractivity contribution is 7.89. The summed E-state index contributed by atoms with van der Waals surface area (Å²) in [6.07, 6.45) is 2.52. The van der Waals surface area contributed by atoms with Gasteiger partial charge in [-0.3, -0.25) is 4.68 Å². The summed E-state index contributed by atoms with van der Waals surface area (Å²) in [4.78, 5) is -0.0893. The first kappa shape index (κ1) is 15.8. The Balaban J connectivity index is 2.26. The molecule has 0 amide bonds. The SMILES string of the molecule is CCc1nn(C)cc1CNS(=O)(=O)c1c(N)cccc1Cl. The lowest BCUT2D eigenvalue weighted by molar-refractivity contribution is 0.581. The molecule has 8 heteroatoms. The van der Waals surface area contributed by atoms with Crippen LogP contribution in [0.2, 0.25) is 5.02 Å². The third-order valence-corrected chi connectivity index (χ3v) is 4.99. The van der Waals surface area contributed by atoms with Crippen LogP contribution in [0.3, 0.4) is 0 Å². The van der Waals surface area contributed by atoms with Gasteiger partial charge >= 0.3 is 0 Å². The summed E-state index contributed by atoms with van der Waals surface area (Å²) < 4.78 is 28.9. The van der Waals surface area contributed by atoms with Crippen LogP contribution in [0.4, 0.5) is 5.69 Å². The van der Waals surface area contributed by atoms with Gasteiger partial charge in [0.1, 0.15) is 4.90 Å². The van der Waals surface area contributed by atoms with Gasteiger partial charge in [-0.25, -0.2) is 13.1 Å². The minimum atomic E-state index is -3.78. The Morgan fingerprint density at radius 3 is 2.76 bits per heavy atom. The number of nitrogens with one attached hydrogen (secondary N) is 1. The van der Waals surface area contributed by atoms with Gasteiger partial charge in [0, 0.05) is 25.4 Å². The number of nitrogen functional groups attached to an aromatic ring is 1. The Labute approximate surface area is 129 Å². The molecule has 0 atom stereocenters. The number of hydrogen-bond donors (Lipinski definition) is 2. The number of sulfonamides is 1. The van der Waals surface area contributed by atoms with Crippen molar-refractivity contribution >= 4 is 27.3 Å². The predicted octanol–water partition coefficient (Wildman–Crippen LogP) is 1.70. The Morgan fingerprint density at radius 2 is 2.14 bits per heavy atom. The van der Waals surface area contributed by atoms with E-state index >= 15 is 0 Å². The molecule has 0 aliphatic heterocycles. The molecule has 0 saturated heterocycles. The van der Waals surface area contributed by atoms with Crippen LogP contribution in [-0.4, -0.2) is 18.2 Å². The van der Waals surface area contributed by atoms with Gasteiger partial charge in [-0.2, -0.15) is 5.10 Å². The molecular formula is C13H17ClN4O2S. The van der Waals surface area contributed by atoms with E-state index in [0.29, 0.717) is 0 Å². The quantitative estimate of drug-likeness (QED) is 0.817. The van der Waals surface area contributed by atoms with Crippen LogP contribution >= 0.6 is 11.6 Å². The molecule has 3 N–H and O–H groups in total. The summed E-state index contributed by atoms with van der Waals surface area (Å²) in [5.41, 5.74) is 7.52. The minimum absolute atomic E-state index is 0.0893. The fourth-order valence-corrected chi connectivity index (χ4v) is 3.76. The molecule has 0 saturated carbocycles. The van der Waals surface area contributed by atoms with Gasteiger partial charge in [-0.15, -0.1) is 0 Å². The monoisotopic (exact) mass is 328 g/mol. The number of nitrogens with two attached hydrogens (primary N) is 1. The Hall–Kier alpha value is -1.57. The molecular weight excluding hydrogens is 312 g/mol. The number of halogens is 1. The average molecular weight is 329 g/mol. The van der Waals surface area contributed by atoms with Crippen molar-refractivity contribution in [3.8, 4) is 0 Å². The van der Waals surface area contributed by atoms with E-state index in [4.69, 9.17) is 17.3 Å². The van der Waals surface area contributed by atoms with Crippen LogP contribution < -0.4 is 10.5 Å². The lowest BCUT2D eigenvalue weighted by Gasteiger charge is -2.10. The number of anilines is 1. The lowest BCUT2D eigenvalue weighted by Crippen LogP contribution is -2.24. The van der Waals surface area contributed by atoms with Gasteiger partial charge in [0.05, 0.1) is 16.4 Å². The van der Waals surface area contributed by atoms with Crippen LogP contribution in [0.1, 0.15) is 18.2 Å². The zero-order valence-electron chi connectivity index (χ0n) is 11.8. The van der Waals surface area contributed by atoms with Crippen LogP contribution in [0, 0.1) is 0 Å². The van der Waals surface area contributed by atoms with Crippen molar-refractivity contribution in [3.63, 3.8) is 0 Å². The normalized spacial score (nSPS) is 11.8. The maximum atomic E-state index is 12.4. The van der Waals surface area contributed by atoms with Crippen LogP contribution in [-0.2, 0) is 30.0 Å². The number of benzene rings is 1. The third-order valence-electron chi connectivity index (χ3n) is 3.05. The Kier molecular flexibility index (Phi) is 4.55. The first-order valence-electron chi connectivity index (χ1n) is 6.40. The highest BCUT2D eigenvalue weighted by atomic mass is 35.5.